The maximum absolute atomic E-state index is 13.5. The fourth-order valence-electron chi connectivity index (χ4n) is 5.28. The number of nitrogens with zero attached hydrogens (tertiary/aromatic N) is 3. The molecule has 1 saturated heterocycles. The molecule has 1 aliphatic heterocycles. The highest BCUT2D eigenvalue weighted by Gasteiger charge is 2.35. The van der Waals surface area contributed by atoms with Gasteiger partial charge in [-0.3, -0.25) is 9.69 Å². The van der Waals surface area contributed by atoms with Gasteiger partial charge in [0.15, 0.2) is 11.4 Å². The van der Waals surface area contributed by atoms with E-state index in [2.05, 4.69) is 40.4 Å². The van der Waals surface area contributed by atoms with Crippen LogP contribution in [0.5, 0.6) is 0 Å². The van der Waals surface area contributed by atoms with Crippen LogP contribution in [0.3, 0.4) is 0 Å². The van der Waals surface area contributed by atoms with Crippen molar-refractivity contribution in [1.82, 2.24) is 14.9 Å². The Hall–Kier alpha value is -4.69. The Bertz CT molecular complexity index is 1780. The number of amides is 1. The van der Waals surface area contributed by atoms with Crippen molar-refractivity contribution in [2.75, 3.05) is 11.9 Å². The van der Waals surface area contributed by atoms with Gasteiger partial charge in [0, 0.05) is 39.2 Å². The van der Waals surface area contributed by atoms with E-state index < -0.39 is 12.1 Å². The molecule has 0 saturated carbocycles. The van der Waals surface area contributed by atoms with E-state index in [9.17, 15) is 9.59 Å². The normalized spacial score (nSPS) is 14.6. The standard InChI is InChI=1S/C35H32N4O3S/c1-23-10-17-32(30(21-23)38-29-18-19-36-34-28(29)16-11-24(2)37-34)43-27-14-12-26(13-15-27)33(40)31-9-6-20-39(31)35(41)42-22-25-7-4-3-5-8-25/h3-5,7-8,10-19,21,31H,6,9,20,22H2,1-2H3,(H,36,37,38). The number of fused-ring (bicyclic) bond motifs is 1. The van der Waals surface area contributed by atoms with Crippen molar-refractivity contribution in [3.8, 4) is 0 Å². The molecule has 5 aromatic rings. The first kappa shape index (κ1) is 28.4. The van der Waals surface area contributed by atoms with Crippen molar-refractivity contribution in [2.45, 2.75) is 49.1 Å². The van der Waals surface area contributed by atoms with E-state index in [0.29, 0.717) is 24.2 Å². The molecule has 1 unspecified atom stereocenters. The van der Waals surface area contributed by atoms with E-state index in [1.54, 1.807) is 22.9 Å². The Morgan fingerprint density at radius 1 is 0.953 bits per heavy atom. The number of nitrogens with one attached hydrogen (secondary N) is 1. The second kappa shape index (κ2) is 12.7. The van der Waals surface area contributed by atoms with E-state index in [4.69, 9.17) is 4.74 Å². The third-order valence-electron chi connectivity index (χ3n) is 7.51. The first-order chi connectivity index (χ1) is 20.9. The topological polar surface area (TPSA) is 84.4 Å². The Morgan fingerprint density at radius 3 is 2.58 bits per heavy atom. The minimum atomic E-state index is -0.511. The van der Waals surface area contributed by atoms with Gasteiger partial charge in [-0.15, -0.1) is 0 Å². The van der Waals surface area contributed by atoms with Gasteiger partial charge in [-0.05, 0) is 80.3 Å². The van der Waals surface area contributed by atoms with Gasteiger partial charge in [0.05, 0.1) is 17.4 Å². The van der Waals surface area contributed by atoms with E-state index in [0.717, 1.165) is 49.8 Å². The van der Waals surface area contributed by atoms with Crippen LogP contribution in [0.2, 0.25) is 0 Å². The van der Waals surface area contributed by atoms with Gasteiger partial charge in [-0.25, -0.2) is 14.8 Å². The van der Waals surface area contributed by atoms with Crippen molar-refractivity contribution < 1.29 is 14.3 Å². The van der Waals surface area contributed by atoms with Crippen molar-refractivity contribution >= 4 is 46.0 Å². The molecule has 8 heteroatoms. The lowest BCUT2D eigenvalue weighted by Gasteiger charge is -2.23. The third kappa shape index (κ3) is 6.54. The predicted octanol–water partition coefficient (Wildman–Crippen LogP) is 8.13. The van der Waals surface area contributed by atoms with Gasteiger partial charge in [0.25, 0.3) is 0 Å². The molecule has 2 aromatic heterocycles. The summed E-state index contributed by atoms with van der Waals surface area (Å²) in [6.07, 6.45) is 2.73. The van der Waals surface area contributed by atoms with Crippen molar-refractivity contribution in [1.29, 1.82) is 0 Å². The number of carbonyl (C=O) groups is 2. The summed E-state index contributed by atoms with van der Waals surface area (Å²) >= 11 is 1.62. The molecule has 216 valence electrons. The molecule has 6 rings (SSSR count). The monoisotopic (exact) mass is 588 g/mol. The number of ketones is 1. The molecule has 3 aromatic carbocycles. The number of rotatable bonds is 8. The molecule has 1 aliphatic rings. The summed E-state index contributed by atoms with van der Waals surface area (Å²) in [5.74, 6) is -0.0585. The summed E-state index contributed by atoms with van der Waals surface area (Å²) in [6.45, 7) is 4.73. The zero-order chi connectivity index (χ0) is 29.8. The average Bonchev–Trinajstić information content (AvgIpc) is 3.52. The van der Waals surface area contributed by atoms with Crippen LogP contribution in [0.4, 0.5) is 16.2 Å². The summed E-state index contributed by atoms with van der Waals surface area (Å²) < 4.78 is 5.52. The number of pyridine rings is 2. The Morgan fingerprint density at radius 2 is 1.77 bits per heavy atom. The summed E-state index contributed by atoms with van der Waals surface area (Å²) in [6, 6.07) is 29.0. The molecule has 1 N–H and O–H groups in total. The zero-order valence-electron chi connectivity index (χ0n) is 24.1. The molecule has 7 nitrogen and oxygen atoms in total. The maximum atomic E-state index is 13.5. The second-order valence-corrected chi connectivity index (χ2v) is 11.8. The Kier molecular flexibility index (Phi) is 8.38. The van der Waals surface area contributed by atoms with Crippen molar-refractivity contribution in [2.24, 2.45) is 0 Å². The van der Waals surface area contributed by atoms with Crippen LogP contribution >= 0.6 is 11.8 Å². The quantitative estimate of drug-likeness (QED) is 0.183. The van der Waals surface area contributed by atoms with E-state index in [1.165, 1.54) is 0 Å². The molecule has 1 fully saturated rings. The average molecular weight is 589 g/mol. The first-order valence-corrected chi connectivity index (χ1v) is 15.2. The number of anilines is 2. The highest BCUT2D eigenvalue weighted by atomic mass is 32.2. The number of hydrogen-bond donors (Lipinski definition) is 1. The number of benzene rings is 3. The fraction of sp³-hybridized carbons (Fsp3) is 0.200. The van der Waals surface area contributed by atoms with Crippen LogP contribution in [0.1, 0.15) is 40.0 Å². The van der Waals surface area contributed by atoms with E-state index in [1.807, 2.05) is 79.7 Å². The zero-order valence-corrected chi connectivity index (χ0v) is 24.9. The number of hydrogen-bond acceptors (Lipinski definition) is 7. The second-order valence-electron chi connectivity index (χ2n) is 10.7. The summed E-state index contributed by atoms with van der Waals surface area (Å²) in [5.41, 5.74) is 6.20. The molecule has 0 aliphatic carbocycles. The van der Waals surface area contributed by atoms with Gasteiger partial charge in [-0.2, -0.15) is 0 Å². The largest absolute Gasteiger partial charge is 0.445 e. The molecular weight excluding hydrogens is 556 g/mol. The van der Waals surface area contributed by atoms with Crippen molar-refractivity contribution in [3.63, 3.8) is 0 Å². The van der Waals surface area contributed by atoms with Gasteiger partial charge in [0.2, 0.25) is 0 Å². The lowest BCUT2D eigenvalue weighted by molar-refractivity contribution is 0.0738. The lowest BCUT2D eigenvalue weighted by Crippen LogP contribution is -2.40. The Balaban J connectivity index is 1.15. The summed E-state index contributed by atoms with van der Waals surface area (Å²) in [4.78, 5) is 38.9. The van der Waals surface area contributed by atoms with Gasteiger partial charge in [-0.1, -0.05) is 60.3 Å². The van der Waals surface area contributed by atoms with Gasteiger partial charge < -0.3 is 10.1 Å². The van der Waals surface area contributed by atoms with Crippen LogP contribution in [0, 0.1) is 13.8 Å². The number of aromatic nitrogens is 2. The fourth-order valence-corrected chi connectivity index (χ4v) is 6.16. The van der Waals surface area contributed by atoms with Crippen LogP contribution in [-0.2, 0) is 11.3 Å². The highest BCUT2D eigenvalue weighted by Crippen LogP contribution is 2.37. The van der Waals surface area contributed by atoms with E-state index >= 15 is 0 Å². The molecule has 43 heavy (non-hydrogen) atoms. The maximum Gasteiger partial charge on any atom is 0.410 e. The molecular formula is C35H32N4O3S. The SMILES string of the molecule is Cc1ccc(Sc2ccc(C(=O)C3CCCN3C(=O)OCc3ccccc3)cc2)c(Nc2ccnc3nc(C)ccc23)c1. The van der Waals surface area contributed by atoms with Gasteiger partial charge >= 0.3 is 6.09 Å². The number of carbonyl (C=O) groups excluding carboxylic acids is 2. The van der Waals surface area contributed by atoms with Crippen LogP contribution in [0.25, 0.3) is 11.0 Å². The number of likely N-dealkylation sites (tertiary alicyclic amines) is 1. The molecule has 0 radical (unpaired) electrons. The summed E-state index contributed by atoms with van der Waals surface area (Å²) in [5, 5.41) is 4.55. The highest BCUT2D eigenvalue weighted by molar-refractivity contribution is 7.99. The Labute approximate surface area is 255 Å². The first-order valence-electron chi connectivity index (χ1n) is 14.3. The van der Waals surface area contributed by atoms with Crippen LogP contribution < -0.4 is 5.32 Å². The molecule has 0 bridgehead atoms. The van der Waals surface area contributed by atoms with Crippen molar-refractivity contribution in [3.05, 3.63) is 120 Å². The number of aryl methyl sites for hydroxylation is 2. The molecule has 1 amide bonds. The predicted molar refractivity (Wildman–Crippen MR) is 170 cm³/mol. The van der Waals surface area contributed by atoms with Crippen LogP contribution in [-0.4, -0.2) is 39.3 Å². The lowest BCUT2D eigenvalue weighted by atomic mass is 10.0. The molecule has 1 atom stereocenters. The van der Waals surface area contributed by atoms with Gasteiger partial charge in [0.1, 0.15) is 6.61 Å². The van der Waals surface area contributed by atoms with Crippen LogP contribution in [0.15, 0.2) is 107 Å². The summed E-state index contributed by atoms with van der Waals surface area (Å²) in [7, 11) is 0. The van der Waals surface area contributed by atoms with E-state index in [-0.39, 0.29) is 12.4 Å². The number of ether oxygens (including phenoxy) is 1. The smallest absolute Gasteiger partial charge is 0.410 e. The third-order valence-corrected chi connectivity index (χ3v) is 8.59. The molecule has 0 spiro atoms. The molecule has 3 heterocycles. The number of Topliss-reactive ketones (excluding diaryl/α,β-unsaturated/α-hetero) is 1. The minimum Gasteiger partial charge on any atom is -0.445 e. The minimum absolute atomic E-state index is 0.0585.